The average molecular weight is 412 g/mol. The Morgan fingerprint density at radius 2 is 2.00 bits per heavy atom. The van der Waals surface area contributed by atoms with E-state index in [0.29, 0.717) is 28.8 Å². The number of piperazine rings is 1. The number of anilines is 1. The van der Waals surface area contributed by atoms with Gasteiger partial charge in [0.2, 0.25) is 5.91 Å². The molecule has 0 bridgehead atoms. The van der Waals surface area contributed by atoms with Gasteiger partial charge in [-0.15, -0.1) is 0 Å². The average Bonchev–Trinajstić information content (AvgIpc) is 2.73. The lowest BCUT2D eigenvalue weighted by atomic mass is 9.89. The highest BCUT2D eigenvalue weighted by molar-refractivity contribution is 7.80. The molecule has 1 unspecified atom stereocenters. The maximum Gasteiger partial charge on any atom is 0.242 e. The maximum atomic E-state index is 12.8. The van der Waals surface area contributed by atoms with Crippen LogP contribution in [-0.2, 0) is 11.2 Å². The molecule has 1 atom stereocenters. The standard InChI is InChI=1S/C22H25N3O3S/c1-14-4-6-17-15(10-14)8-9-25-19(17)12-24(13-21(25)26)22(29)23-18-11-16(27-2)5-7-20(18)28-3/h4-7,10-11,19H,8-9,12-13H2,1-3H3,(H,23,29). The van der Waals surface area contributed by atoms with Crippen LogP contribution in [0.15, 0.2) is 36.4 Å². The molecule has 0 aromatic heterocycles. The molecule has 7 heteroatoms. The molecule has 1 amide bonds. The summed E-state index contributed by atoms with van der Waals surface area (Å²) >= 11 is 5.66. The van der Waals surface area contributed by atoms with Crippen LogP contribution in [0.2, 0.25) is 0 Å². The van der Waals surface area contributed by atoms with Gasteiger partial charge in [-0.05, 0) is 48.8 Å². The van der Waals surface area contributed by atoms with Gasteiger partial charge in [0.15, 0.2) is 5.11 Å². The lowest BCUT2D eigenvalue weighted by Gasteiger charge is -2.45. The molecule has 0 aliphatic carbocycles. The molecule has 2 aromatic rings. The van der Waals surface area contributed by atoms with Crippen molar-refractivity contribution in [2.24, 2.45) is 0 Å². The molecule has 0 saturated carbocycles. The number of ether oxygens (including phenoxy) is 2. The molecule has 2 heterocycles. The summed E-state index contributed by atoms with van der Waals surface area (Å²) < 4.78 is 10.7. The fourth-order valence-electron chi connectivity index (χ4n) is 4.12. The first-order valence-electron chi connectivity index (χ1n) is 9.67. The van der Waals surface area contributed by atoms with Crippen LogP contribution in [0, 0.1) is 6.92 Å². The quantitative estimate of drug-likeness (QED) is 0.783. The largest absolute Gasteiger partial charge is 0.497 e. The van der Waals surface area contributed by atoms with E-state index in [2.05, 4.69) is 30.4 Å². The monoisotopic (exact) mass is 411 g/mol. The Labute approximate surface area is 176 Å². The van der Waals surface area contributed by atoms with Crippen LogP contribution in [0.1, 0.15) is 22.7 Å². The lowest BCUT2D eigenvalue weighted by molar-refractivity contribution is -0.138. The van der Waals surface area contributed by atoms with Crippen molar-refractivity contribution in [2.75, 3.05) is 39.2 Å². The molecule has 2 aliphatic heterocycles. The SMILES string of the molecule is COc1ccc(OC)c(NC(=S)N2CC(=O)N3CCc4cc(C)ccc4C3C2)c1. The molecule has 1 saturated heterocycles. The minimum absolute atomic E-state index is 0.0209. The van der Waals surface area contributed by atoms with Crippen LogP contribution < -0.4 is 14.8 Å². The van der Waals surface area contributed by atoms with Gasteiger partial charge >= 0.3 is 0 Å². The van der Waals surface area contributed by atoms with Gasteiger partial charge in [0.25, 0.3) is 0 Å². The summed E-state index contributed by atoms with van der Waals surface area (Å²) in [6.45, 7) is 3.80. The molecule has 6 nitrogen and oxygen atoms in total. The number of hydrogen-bond acceptors (Lipinski definition) is 4. The van der Waals surface area contributed by atoms with E-state index in [1.54, 1.807) is 14.2 Å². The zero-order chi connectivity index (χ0) is 20.5. The number of methoxy groups -OCH3 is 2. The third-order valence-corrected chi connectivity index (χ3v) is 5.99. The number of carbonyl (C=O) groups excluding carboxylic acids is 1. The van der Waals surface area contributed by atoms with Crippen LogP contribution in [0.25, 0.3) is 0 Å². The fraction of sp³-hybridized carbons (Fsp3) is 0.364. The maximum absolute atomic E-state index is 12.8. The number of rotatable bonds is 3. The van der Waals surface area contributed by atoms with Crippen molar-refractivity contribution in [2.45, 2.75) is 19.4 Å². The van der Waals surface area contributed by atoms with Gasteiger partial charge in [-0.1, -0.05) is 23.8 Å². The van der Waals surface area contributed by atoms with Gasteiger partial charge in [-0.3, -0.25) is 4.79 Å². The van der Waals surface area contributed by atoms with Crippen LogP contribution in [-0.4, -0.2) is 54.7 Å². The third kappa shape index (κ3) is 3.74. The second-order valence-corrected chi connectivity index (χ2v) is 7.82. The highest BCUT2D eigenvalue weighted by atomic mass is 32.1. The number of carbonyl (C=O) groups is 1. The van der Waals surface area contributed by atoms with E-state index in [-0.39, 0.29) is 18.5 Å². The van der Waals surface area contributed by atoms with Crippen LogP contribution in [0.4, 0.5) is 5.69 Å². The van der Waals surface area contributed by atoms with Crippen LogP contribution >= 0.6 is 12.2 Å². The van der Waals surface area contributed by atoms with Crippen LogP contribution in [0.3, 0.4) is 0 Å². The topological polar surface area (TPSA) is 54.0 Å². The summed E-state index contributed by atoms with van der Waals surface area (Å²) in [6.07, 6.45) is 0.906. The van der Waals surface area contributed by atoms with Gasteiger partial charge in [0, 0.05) is 19.2 Å². The molecule has 1 fully saturated rings. The van der Waals surface area contributed by atoms with Gasteiger partial charge < -0.3 is 24.6 Å². The Morgan fingerprint density at radius 3 is 2.76 bits per heavy atom. The number of hydrogen-bond donors (Lipinski definition) is 1. The summed E-state index contributed by atoms with van der Waals surface area (Å²) in [7, 11) is 3.23. The van der Waals surface area contributed by atoms with E-state index in [0.717, 1.165) is 13.0 Å². The molecule has 2 aliphatic rings. The van der Waals surface area contributed by atoms with Crippen molar-refractivity contribution in [3.05, 3.63) is 53.1 Å². The highest BCUT2D eigenvalue weighted by Crippen LogP contribution is 2.34. The number of nitrogens with one attached hydrogen (secondary N) is 1. The summed E-state index contributed by atoms with van der Waals surface area (Å²) in [5, 5.41) is 3.74. The van der Waals surface area contributed by atoms with Gasteiger partial charge in [0.05, 0.1) is 32.5 Å². The predicted octanol–water partition coefficient (Wildman–Crippen LogP) is 3.15. The van der Waals surface area contributed by atoms with E-state index < -0.39 is 0 Å². The second-order valence-electron chi connectivity index (χ2n) is 7.43. The normalized spacial score (nSPS) is 18.0. The molecule has 0 radical (unpaired) electrons. The summed E-state index contributed by atoms with van der Waals surface area (Å²) in [6, 6.07) is 12.0. The first-order chi connectivity index (χ1) is 14.0. The number of benzene rings is 2. The summed E-state index contributed by atoms with van der Waals surface area (Å²) in [5.74, 6) is 1.47. The highest BCUT2D eigenvalue weighted by Gasteiger charge is 2.37. The Hall–Kier alpha value is -2.80. The minimum atomic E-state index is 0.0209. The molecule has 152 valence electrons. The first kappa shape index (κ1) is 19.5. The van der Waals surface area contributed by atoms with Gasteiger partial charge in [0.1, 0.15) is 11.5 Å². The minimum Gasteiger partial charge on any atom is -0.497 e. The Bertz CT molecular complexity index is 962. The van der Waals surface area contributed by atoms with Crippen molar-refractivity contribution in [1.82, 2.24) is 9.80 Å². The summed E-state index contributed by atoms with van der Waals surface area (Å²) in [5.41, 5.74) is 4.51. The lowest BCUT2D eigenvalue weighted by Crippen LogP contribution is -2.56. The fourth-order valence-corrected chi connectivity index (χ4v) is 4.37. The molecule has 4 rings (SSSR count). The van der Waals surface area contributed by atoms with Gasteiger partial charge in [-0.2, -0.15) is 0 Å². The van der Waals surface area contributed by atoms with E-state index in [9.17, 15) is 4.79 Å². The van der Waals surface area contributed by atoms with Crippen LogP contribution in [0.5, 0.6) is 11.5 Å². The van der Waals surface area contributed by atoms with Crippen molar-refractivity contribution in [3.63, 3.8) is 0 Å². The smallest absolute Gasteiger partial charge is 0.242 e. The molecular formula is C22H25N3O3S. The van der Waals surface area contributed by atoms with Crippen molar-refractivity contribution in [1.29, 1.82) is 0 Å². The first-order valence-corrected chi connectivity index (χ1v) is 10.1. The van der Waals surface area contributed by atoms with Crippen molar-refractivity contribution >= 4 is 28.9 Å². The molecule has 29 heavy (non-hydrogen) atoms. The van der Waals surface area contributed by atoms with E-state index in [1.165, 1.54) is 16.7 Å². The Morgan fingerprint density at radius 1 is 1.17 bits per heavy atom. The number of thiocarbonyl (C=S) groups is 1. The van der Waals surface area contributed by atoms with E-state index in [4.69, 9.17) is 21.7 Å². The van der Waals surface area contributed by atoms with Crippen molar-refractivity contribution < 1.29 is 14.3 Å². The van der Waals surface area contributed by atoms with Gasteiger partial charge in [-0.25, -0.2) is 0 Å². The summed E-state index contributed by atoms with van der Waals surface area (Å²) in [4.78, 5) is 16.8. The number of nitrogens with zero attached hydrogens (tertiary/aromatic N) is 2. The predicted molar refractivity (Wildman–Crippen MR) is 117 cm³/mol. The number of amides is 1. The second kappa shape index (κ2) is 7.91. The molecular weight excluding hydrogens is 386 g/mol. The zero-order valence-corrected chi connectivity index (χ0v) is 17.7. The molecule has 1 N–H and O–H groups in total. The number of aryl methyl sites for hydroxylation is 1. The van der Waals surface area contributed by atoms with E-state index in [1.807, 2.05) is 28.0 Å². The molecule has 0 spiro atoms. The Balaban J connectivity index is 1.57. The Kier molecular flexibility index (Phi) is 5.32. The van der Waals surface area contributed by atoms with E-state index >= 15 is 0 Å². The molecule has 2 aromatic carbocycles. The third-order valence-electron chi connectivity index (χ3n) is 5.63. The number of fused-ring (bicyclic) bond motifs is 3. The van der Waals surface area contributed by atoms with Crippen molar-refractivity contribution in [3.8, 4) is 11.5 Å². The zero-order valence-electron chi connectivity index (χ0n) is 16.9.